The third kappa shape index (κ3) is 4.69. The predicted molar refractivity (Wildman–Crippen MR) is 94.8 cm³/mol. The molecule has 0 bridgehead atoms. The van der Waals surface area contributed by atoms with Crippen molar-refractivity contribution in [3.05, 3.63) is 29.3 Å². The molecule has 0 radical (unpaired) electrons. The van der Waals surface area contributed by atoms with Gasteiger partial charge >= 0.3 is 0 Å². The van der Waals surface area contributed by atoms with Crippen LogP contribution in [0.15, 0.2) is 18.2 Å². The third-order valence-electron chi connectivity index (χ3n) is 4.68. The van der Waals surface area contributed by atoms with Crippen molar-refractivity contribution in [2.45, 2.75) is 20.0 Å². The minimum Gasteiger partial charge on any atom is -0.492 e. The molecular formula is C17H28N2O4S. The molecule has 0 aromatic heterocycles. The summed E-state index contributed by atoms with van der Waals surface area (Å²) in [5.74, 6) is 0.606. The highest BCUT2D eigenvalue weighted by Gasteiger charge is 2.35. The lowest BCUT2D eigenvalue weighted by Crippen LogP contribution is -2.33. The van der Waals surface area contributed by atoms with Crippen LogP contribution in [0.4, 0.5) is 0 Å². The van der Waals surface area contributed by atoms with Gasteiger partial charge < -0.3 is 9.84 Å². The van der Waals surface area contributed by atoms with Crippen LogP contribution >= 0.6 is 0 Å². The first-order chi connectivity index (χ1) is 11.2. The van der Waals surface area contributed by atoms with E-state index in [1.165, 1.54) is 24.0 Å². The van der Waals surface area contributed by atoms with E-state index in [9.17, 15) is 13.5 Å². The molecule has 7 heteroatoms. The average molecular weight is 356 g/mol. The molecule has 1 heterocycles. The number of hydrogen-bond acceptors (Lipinski definition) is 5. The lowest BCUT2D eigenvalue weighted by Gasteiger charge is -2.18. The fourth-order valence-corrected chi connectivity index (χ4v) is 4.04. The molecule has 0 spiro atoms. The van der Waals surface area contributed by atoms with Gasteiger partial charge in [0.1, 0.15) is 12.4 Å². The zero-order valence-corrected chi connectivity index (χ0v) is 15.7. The van der Waals surface area contributed by atoms with Crippen molar-refractivity contribution in [3.63, 3.8) is 0 Å². The standard InChI is InChI=1S/C17H28N2O4S/c1-13-6-5-7-17(14(13)2)23-9-8-19-10-15(16(20)11-19)12-24(21,22)18(3)4/h5-7,15-16,20H,8-12H2,1-4H3/t15-,16-/m0/s1. The zero-order valence-electron chi connectivity index (χ0n) is 14.9. The first-order valence-electron chi connectivity index (χ1n) is 8.20. The van der Waals surface area contributed by atoms with Crippen LogP contribution in [0.1, 0.15) is 11.1 Å². The van der Waals surface area contributed by atoms with Crippen molar-refractivity contribution < 1.29 is 18.3 Å². The van der Waals surface area contributed by atoms with E-state index in [1.54, 1.807) is 0 Å². The lowest BCUT2D eigenvalue weighted by molar-refractivity contribution is 0.145. The number of nitrogens with zero attached hydrogens (tertiary/aromatic N) is 2. The van der Waals surface area contributed by atoms with Crippen LogP contribution in [0, 0.1) is 19.8 Å². The number of rotatable bonds is 7. The molecule has 1 aromatic rings. The van der Waals surface area contributed by atoms with Crippen molar-refractivity contribution in [3.8, 4) is 5.75 Å². The number of likely N-dealkylation sites (tertiary alicyclic amines) is 1. The SMILES string of the molecule is Cc1cccc(OCCN2C[C@@H](CS(=O)(=O)N(C)C)[C@@H](O)C2)c1C. The van der Waals surface area contributed by atoms with Gasteiger partial charge in [0.25, 0.3) is 0 Å². The summed E-state index contributed by atoms with van der Waals surface area (Å²) in [7, 11) is -0.256. The Hall–Kier alpha value is -1.15. The third-order valence-corrected chi connectivity index (χ3v) is 6.65. The Morgan fingerprint density at radius 1 is 1.29 bits per heavy atom. The minimum atomic E-state index is -3.30. The maximum absolute atomic E-state index is 12.0. The number of aliphatic hydroxyl groups excluding tert-OH is 1. The molecule has 136 valence electrons. The number of ether oxygens (including phenoxy) is 1. The van der Waals surface area contributed by atoms with Crippen LogP contribution in [0.5, 0.6) is 5.75 Å². The van der Waals surface area contributed by atoms with E-state index < -0.39 is 16.1 Å². The smallest absolute Gasteiger partial charge is 0.214 e. The van der Waals surface area contributed by atoms with Gasteiger partial charge in [-0.1, -0.05) is 12.1 Å². The molecule has 1 N–H and O–H groups in total. The summed E-state index contributed by atoms with van der Waals surface area (Å²) in [6.45, 7) is 6.34. The Bertz CT molecular complexity index is 661. The predicted octanol–water partition coefficient (Wildman–Crippen LogP) is 0.866. The van der Waals surface area contributed by atoms with Crippen molar-refractivity contribution in [2.75, 3.05) is 46.1 Å². The molecule has 1 fully saturated rings. The molecule has 0 saturated carbocycles. The second-order valence-electron chi connectivity index (χ2n) is 6.69. The lowest BCUT2D eigenvalue weighted by atomic mass is 10.1. The second kappa shape index (κ2) is 7.82. The molecule has 0 amide bonds. The van der Waals surface area contributed by atoms with Gasteiger partial charge in [-0.25, -0.2) is 12.7 Å². The van der Waals surface area contributed by atoms with Crippen molar-refractivity contribution >= 4 is 10.0 Å². The Kier molecular flexibility index (Phi) is 6.25. The normalized spacial score (nSPS) is 22.2. The maximum Gasteiger partial charge on any atom is 0.214 e. The number of aliphatic hydroxyl groups is 1. The zero-order chi connectivity index (χ0) is 17.9. The van der Waals surface area contributed by atoms with Crippen molar-refractivity contribution in [2.24, 2.45) is 5.92 Å². The maximum atomic E-state index is 12.0. The van der Waals surface area contributed by atoms with Crippen LogP contribution in [-0.4, -0.2) is 74.9 Å². The van der Waals surface area contributed by atoms with E-state index in [1.807, 2.05) is 19.1 Å². The first kappa shape index (κ1) is 19.2. The van der Waals surface area contributed by atoms with Gasteiger partial charge in [0.2, 0.25) is 10.0 Å². The Labute approximate surface area is 145 Å². The number of benzene rings is 1. The van der Waals surface area contributed by atoms with Gasteiger partial charge in [-0.15, -0.1) is 0 Å². The Morgan fingerprint density at radius 3 is 2.67 bits per heavy atom. The molecule has 1 saturated heterocycles. The van der Waals surface area contributed by atoms with Crippen molar-refractivity contribution in [1.82, 2.24) is 9.21 Å². The van der Waals surface area contributed by atoms with Gasteiger partial charge in [0.05, 0.1) is 11.9 Å². The highest BCUT2D eigenvalue weighted by atomic mass is 32.2. The number of aryl methyl sites for hydroxylation is 1. The molecule has 24 heavy (non-hydrogen) atoms. The molecule has 1 aliphatic heterocycles. The number of sulfonamides is 1. The minimum absolute atomic E-state index is 0.0183. The quantitative estimate of drug-likeness (QED) is 0.785. The summed E-state index contributed by atoms with van der Waals surface area (Å²) in [6, 6.07) is 5.97. The fourth-order valence-electron chi connectivity index (χ4n) is 2.87. The van der Waals surface area contributed by atoms with E-state index in [-0.39, 0.29) is 11.7 Å². The molecule has 6 nitrogen and oxygen atoms in total. The van der Waals surface area contributed by atoms with Crippen molar-refractivity contribution in [1.29, 1.82) is 0 Å². The highest BCUT2D eigenvalue weighted by molar-refractivity contribution is 7.89. The van der Waals surface area contributed by atoms with Crippen LogP contribution in [-0.2, 0) is 10.0 Å². The summed E-state index contributed by atoms with van der Waals surface area (Å²) < 4.78 is 31.0. The van der Waals surface area contributed by atoms with Gasteiger partial charge in [0, 0.05) is 39.6 Å². The summed E-state index contributed by atoms with van der Waals surface area (Å²) in [5.41, 5.74) is 2.33. The van der Waals surface area contributed by atoms with E-state index in [4.69, 9.17) is 4.74 Å². The van der Waals surface area contributed by atoms with E-state index >= 15 is 0 Å². The summed E-state index contributed by atoms with van der Waals surface area (Å²) in [4.78, 5) is 2.06. The summed E-state index contributed by atoms with van der Waals surface area (Å²) in [6.07, 6.45) is -0.611. The molecule has 0 aliphatic carbocycles. The fraction of sp³-hybridized carbons (Fsp3) is 0.647. The van der Waals surface area contributed by atoms with Gasteiger partial charge in [0.15, 0.2) is 0 Å². The molecular weight excluding hydrogens is 328 g/mol. The first-order valence-corrected chi connectivity index (χ1v) is 9.81. The summed E-state index contributed by atoms with van der Waals surface area (Å²) in [5, 5.41) is 10.1. The Balaban J connectivity index is 1.84. The van der Waals surface area contributed by atoms with E-state index in [0.29, 0.717) is 26.2 Å². The molecule has 2 atom stereocenters. The van der Waals surface area contributed by atoms with Gasteiger partial charge in [-0.05, 0) is 31.0 Å². The average Bonchev–Trinajstić information content (AvgIpc) is 2.83. The van der Waals surface area contributed by atoms with Crippen LogP contribution in [0.2, 0.25) is 0 Å². The van der Waals surface area contributed by atoms with E-state index in [0.717, 1.165) is 11.3 Å². The molecule has 1 aliphatic rings. The van der Waals surface area contributed by atoms with Crippen LogP contribution < -0.4 is 4.74 Å². The van der Waals surface area contributed by atoms with Crippen LogP contribution in [0.3, 0.4) is 0 Å². The topological polar surface area (TPSA) is 70.1 Å². The molecule has 1 aromatic carbocycles. The molecule has 0 unspecified atom stereocenters. The molecule has 2 rings (SSSR count). The Morgan fingerprint density at radius 2 is 2.00 bits per heavy atom. The second-order valence-corrected chi connectivity index (χ2v) is 8.92. The summed E-state index contributed by atoms with van der Waals surface area (Å²) >= 11 is 0. The largest absolute Gasteiger partial charge is 0.492 e. The van der Waals surface area contributed by atoms with Crippen LogP contribution in [0.25, 0.3) is 0 Å². The monoisotopic (exact) mass is 356 g/mol. The van der Waals surface area contributed by atoms with E-state index in [2.05, 4.69) is 17.9 Å². The van der Waals surface area contributed by atoms with Gasteiger partial charge in [-0.2, -0.15) is 0 Å². The number of hydrogen-bond donors (Lipinski definition) is 1. The van der Waals surface area contributed by atoms with Gasteiger partial charge in [-0.3, -0.25) is 4.90 Å². The number of β-amino-alcohol motifs (C(OH)–C–C–N with tert-alkyl or cyclic N) is 1. The highest BCUT2D eigenvalue weighted by Crippen LogP contribution is 2.22.